The van der Waals surface area contributed by atoms with Crippen molar-refractivity contribution >= 4 is 22.3 Å². The Labute approximate surface area is 93.8 Å². The number of carboxylic acid groups (broad SMARTS) is 1. The normalized spacial score (nSPS) is 10.3. The van der Waals surface area contributed by atoms with Gasteiger partial charge in [0.15, 0.2) is 0 Å². The summed E-state index contributed by atoms with van der Waals surface area (Å²) in [5.41, 5.74) is 2.40. The Morgan fingerprint density at radius 3 is 2.06 bits per heavy atom. The Bertz CT molecular complexity index is 529. The highest BCUT2D eigenvalue weighted by atomic mass is 16.4. The minimum atomic E-state index is -0.897. The van der Waals surface area contributed by atoms with Crippen LogP contribution in [0.1, 0.15) is 22.8 Å². The molecule has 80 valence electrons. The molecule has 2 aromatic rings. The first kappa shape index (κ1) is 10.4. The van der Waals surface area contributed by atoms with Crippen molar-refractivity contribution in [3.63, 3.8) is 0 Å². The topological polar surface area (TPSA) is 37.3 Å². The lowest BCUT2D eigenvalue weighted by molar-refractivity contribution is 0.0697. The molecule has 0 fully saturated rings. The van der Waals surface area contributed by atoms with Crippen LogP contribution in [-0.4, -0.2) is 11.1 Å². The second kappa shape index (κ2) is 3.81. The van der Waals surface area contributed by atoms with Crippen molar-refractivity contribution in [3.8, 4) is 0 Å². The van der Waals surface area contributed by atoms with Gasteiger partial charge in [0.2, 0.25) is 0 Å². The number of carboxylic acids is 1. The molecule has 0 spiro atoms. The first-order chi connectivity index (χ1) is 7.58. The van der Waals surface area contributed by atoms with Crippen molar-refractivity contribution in [2.24, 2.45) is 0 Å². The summed E-state index contributed by atoms with van der Waals surface area (Å²) in [5, 5.41) is 10.8. The van der Waals surface area contributed by atoms with Crippen LogP contribution in [0.5, 0.6) is 0 Å². The molecule has 16 heavy (non-hydrogen) atoms. The second-order valence-electron chi connectivity index (χ2n) is 3.86. The summed E-state index contributed by atoms with van der Waals surface area (Å²) in [6.07, 6.45) is 0. The van der Waals surface area contributed by atoms with Crippen LogP contribution in [-0.2, 0) is 0 Å². The van der Waals surface area contributed by atoms with Crippen molar-refractivity contribution in [1.82, 2.24) is 0 Å². The Balaban J connectivity index is 2.61. The fourth-order valence-corrected chi connectivity index (χ4v) is 1.64. The first-order valence-corrected chi connectivity index (χ1v) is 5.01. The number of allylic oxidation sites excluding steroid dienone is 1. The molecule has 0 aliphatic rings. The lowest BCUT2D eigenvalue weighted by Crippen LogP contribution is -1.95. The van der Waals surface area contributed by atoms with Crippen LogP contribution in [0.4, 0.5) is 0 Å². The molecule has 0 saturated carbocycles. The molecule has 2 rings (SSSR count). The van der Waals surface area contributed by atoms with E-state index in [4.69, 9.17) is 5.11 Å². The van der Waals surface area contributed by atoms with Crippen molar-refractivity contribution in [2.45, 2.75) is 6.92 Å². The average Bonchev–Trinajstić information content (AvgIpc) is 2.27. The van der Waals surface area contributed by atoms with Crippen molar-refractivity contribution in [1.29, 1.82) is 0 Å². The number of rotatable bonds is 2. The molecule has 0 unspecified atom stereocenters. The number of aromatic carboxylic acids is 1. The predicted octanol–water partition coefficient (Wildman–Crippen LogP) is 3.57. The van der Waals surface area contributed by atoms with E-state index in [1.807, 2.05) is 31.2 Å². The van der Waals surface area contributed by atoms with Gasteiger partial charge in [0.25, 0.3) is 0 Å². The van der Waals surface area contributed by atoms with E-state index in [1.165, 1.54) is 0 Å². The summed E-state index contributed by atoms with van der Waals surface area (Å²) in [4.78, 5) is 10.8. The summed E-state index contributed by atoms with van der Waals surface area (Å²) in [6.45, 7) is 5.84. The minimum Gasteiger partial charge on any atom is -0.478 e. The Kier molecular flexibility index (Phi) is 2.49. The van der Waals surface area contributed by atoms with Gasteiger partial charge in [-0.15, -0.1) is 0 Å². The lowest BCUT2D eigenvalue weighted by Gasteiger charge is -2.03. The van der Waals surface area contributed by atoms with Crippen LogP contribution in [0.15, 0.2) is 43.0 Å². The number of hydrogen-bond donors (Lipinski definition) is 1. The van der Waals surface area contributed by atoms with Gasteiger partial charge in [0.1, 0.15) is 0 Å². The molecule has 2 heteroatoms. The summed E-state index contributed by atoms with van der Waals surface area (Å²) >= 11 is 0. The van der Waals surface area contributed by atoms with Gasteiger partial charge in [-0.2, -0.15) is 0 Å². The van der Waals surface area contributed by atoms with Crippen molar-refractivity contribution < 1.29 is 9.90 Å². The third-order valence-electron chi connectivity index (χ3n) is 2.58. The van der Waals surface area contributed by atoms with Gasteiger partial charge in [-0.1, -0.05) is 30.4 Å². The SMILES string of the molecule is C=C(C)c1ccc2cc(C(=O)O)ccc2c1. The quantitative estimate of drug-likeness (QED) is 0.826. The molecule has 2 aromatic carbocycles. The van der Waals surface area contributed by atoms with Gasteiger partial charge >= 0.3 is 5.97 Å². The van der Waals surface area contributed by atoms with E-state index in [2.05, 4.69) is 6.58 Å². The van der Waals surface area contributed by atoms with Crippen LogP contribution in [0.2, 0.25) is 0 Å². The van der Waals surface area contributed by atoms with E-state index in [-0.39, 0.29) is 0 Å². The molecule has 0 aliphatic carbocycles. The third kappa shape index (κ3) is 1.82. The number of carbonyl (C=O) groups is 1. The number of benzene rings is 2. The fraction of sp³-hybridized carbons (Fsp3) is 0.0714. The molecule has 0 aromatic heterocycles. The van der Waals surface area contributed by atoms with Crippen LogP contribution in [0.25, 0.3) is 16.3 Å². The maximum atomic E-state index is 10.8. The van der Waals surface area contributed by atoms with Crippen LogP contribution in [0, 0.1) is 0 Å². The van der Waals surface area contributed by atoms with Crippen LogP contribution >= 0.6 is 0 Å². The molecule has 1 N–H and O–H groups in total. The van der Waals surface area contributed by atoms with Gasteiger partial charge in [-0.25, -0.2) is 4.79 Å². The molecular weight excluding hydrogens is 200 g/mol. The summed E-state index contributed by atoms with van der Waals surface area (Å²) < 4.78 is 0. The first-order valence-electron chi connectivity index (χ1n) is 5.01. The fourth-order valence-electron chi connectivity index (χ4n) is 1.64. The van der Waals surface area contributed by atoms with Gasteiger partial charge < -0.3 is 5.11 Å². The zero-order chi connectivity index (χ0) is 11.7. The van der Waals surface area contributed by atoms with E-state index < -0.39 is 5.97 Å². The van der Waals surface area contributed by atoms with Gasteiger partial charge in [0.05, 0.1) is 5.56 Å². The van der Waals surface area contributed by atoms with E-state index in [9.17, 15) is 4.79 Å². The van der Waals surface area contributed by atoms with E-state index in [1.54, 1.807) is 12.1 Å². The van der Waals surface area contributed by atoms with E-state index >= 15 is 0 Å². The minimum absolute atomic E-state index is 0.315. The highest BCUT2D eigenvalue weighted by Crippen LogP contribution is 2.21. The van der Waals surface area contributed by atoms with Gasteiger partial charge in [0, 0.05) is 0 Å². The smallest absolute Gasteiger partial charge is 0.335 e. The van der Waals surface area contributed by atoms with Gasteiger partial charge in [-0.05, 0) is 41.5 Å². The second-order valence-corrected chi connectivity index (χ2v) is 3.86. The summed E-state index contributed by atoms with van der Waals surface area (Å²) in [6, 6.07) is 11.0. The van der Waals surface area contributed by atoms with E-state index in [0.717, 1.165) is 21.9 Å². The molecule has 0 aliphatic heterocycles. The molecule has 2 nitrogen and oxygen atoms in total. The van der Waals surface area contributed by atoms with E-state index in [0.29, 0.717) is 5.56 Å². The monoisotopic (exact) mass is 212 g/mol. The number of hydrogen-bond acceptors (Lipinski definition) is 1. The molecule has 0 bridgehead atoms. The maximum absolute atomic E-state index is 10.8. The molecular formula is C14H12O2. The van der Waals surface area contributed by atoms with Gasteiger partial charge in [-0.3, -0.25) is 0 Å². The largest absolute Gasteiger partial charge is 0.478 e. The van der Waals surface area contributed by atoms with Crippen molar-refractivity contribution in [2.75, 3.05) is 0 Å². The third-order valence-corrected chi connectivity index (χ3v) is 2.58. The molecule has 0 radical (unpaired) electrons. The standard InChI is InChI=1S/C14H12O2/c1-9(2)10-3-4-12-8-13(14(15)16)6-5-11(12)7-10/h3-8H,1H2,2H3,(H,15,16). The van der Waals surface area contributed by atoms with Crippen LogP contribution in [0.3, 0.4) is 0 Å². The van der Waals surface area contributed by atoms with Crippen LogP contribution < -0.4 is 0 Å². The summed E-state index contributed by atoms with van der Waals surface area (Å²) in [7, 11) is 0. The van der Waals surface area contributed by atoms with Crippen molar-refractivity contribution in [3.05, 3.63) is 54.1 Å². The average molecular weight is 212 g/mol. The maximum Gasteiger partial charge on any atom is 0.335 e. The number of fused-ring (bicyclic) bond motifs is 1. The Morgan fingerprint density at radius 1 is 1.06 bits per heavy atom. The Hall–Kier alpha value is -2.09. The molecule has 0 atom stereocenters. The highest BCUT2D eigenvalue weighted by molar-refractivity contribution is 5.95. The zero-order valence-corrected chi connectivity index (χ0v) is 9.03. The summed E-state index contributed by atoms with van der Waals surface area (Å²) in [5.74, 6) is -0.897. The predicted molar refractivity (Wildman–Crippen MR) is 65.6 cm³/mol. The molecule has 0 saturated heterocycles. The molecule has 0 amide bonds. The molecule has 0 heterocycles. The highest BCUT2D eigenvalue weighted by Gasteiger charge is 2.04. The Morgan fingerprint density at radius 2 is 1.56 bits per heavy atom. The zero-order valence-electron chi connectivity index (χ0n) is 9.03. The lowest BCUT2D eigenvalue weighted by atomic mass is 10.0.